The Balaban J connectivity index is 1.82. The highest BCUT2D eigenvalue weighted by molar-refractivity contribution is 6.00. The first-order valence-corrected chi connectivity index (χ1v) is 7.63. The number of nitrogens with one attached hydrogen (secondary N) is 2. The highest BCUT2D eigenvalue weighted by Gasteiger charge is 2.18. The molecule has 2 N–H and O–H groups in total. The zero-order valence-corrected chi connectivity index (χ0v) is 13.8. The van der Waals surface area contributed by atoms with Crippen LogP contribution >= 0.6 is 0 Å². The molecule has 3 rings (SSSR count). The second-order valence-electron chi connectivity index (χ2n) is 5.74. The highest BCUT2D eigenvalue weighted by Crippen LogP contribution is 2.24. The lowest BCUT2D eigenvalue weighted by molar-refractivity contribution is -0.384. The molecule has 0 spiro atoms. The van der Waals surface area contributed by atoms with Crippen LogP contribution in [0.5, 0.6) is 0 Å². The largest absolute Gasteiger partial charge is 0.377 e. The van der Waals surface area contributed by atoms with Gasteiger partial charge in [0.15, 0.2) is 0 Å². The molecule has 8 nitrogen and oxygen atoms in total. The minimum atomic E-state index is -0.518. The summed E-state index contributed by atoms with van der Waals surface area (Å²) in [5, 5.41) is 13.7. The van der Waals surface area contributed by atoms with Gasteiger partial charge in [-0.2, -0.15) is 0 Å². The van der Waals surface area contributed by atoms with Gasteiger partial charge in [-0.05, 0) is 18.2 Å². The Morgan fingerprint density at radius 1 is 1.28 bits per heavy atom. The monoisotopic (exact) mass is 339 g/mol. The number of carbonyl (C=O) groups is 1. The summed E-state index contributed by atoms with van der Waals surface area (Å²) in [5.41, 5.74) is 2.43. The van der Waals surface area contributed by atoms with E-state index in [2.05, 4.69) is 15.3 Å². The number of nitro groups is 1. The second kappa shape index (κ2) is 6.60. The number of rotatable bonds is 5. The minimum absolute atomic E-state index is 0.125. The molecule has 0 aliphatic carbocycles. The van der Waals surface area contributed by atoms with Gasteiger partial charge in [0.1, 0.15) is 5.82 Å². The number of aromatic amines is 1. The normalized spacial score (nSPS) is 10.6. The Morgan fingerprint density at radius 2 is 2.04 bits per heavy atom. The number of amides is 1. The van der Waals surface area contributed by atoms with E-state index in [1.165, 1.54) is 12.1 Å². The Bertz CT molecular complexity index is 915. The van der Waals surface area contributed by atoms with Gasteiger partial charge in [-0.1, -0.05) is 12.1 Å². The standard InChI is InChI=1S/C17H17N5O3/c1-21(2)15-8-7-11(22(24)25)9-12(15)17(23)18-10-16-19-13-5-3-4-6-14(13)20-16/h3-9H,10H2,1-2H3,(H,18,23)(H,19,20). The molecule has 8 heteroatoms. The number of fused-ring (bicyclic) bond motifs is 1. The van der Waals surface area contributed by atoms with E-state index < -0.39 is 10.8 Å². The molecule has 1 amide bonds. The minimum Gasteiger partial charge on any atom is -0.377 e. The van der Waals surface area contributed by atoms with Crippen LogP contribution in [0, 0.1) is 10.1 Å². The fraction of sp³-hybridized carbons (Fsp3) is 0.176. The summed E-state index contributed by atoms with van der Waals surface area (Å²) in [7, 11) is 3.55. The van der Waals surface area contributed by atoms with E-state index in [1.54, 1.807) is 25.1 Å². The van der Waals surface area contributed by atoms with Crippen molar-refractivity contribution in [2.24, 2.45) is 0 Å². The van der Waals surface area contributed by atoms with Crippen molar-refractivity contribution in [3.05, 3.63) is 64.0 Å². The number of imidazole rings is 1. The number of benzene rings is 2. The maximum atomic E-state index is 12.5. The molecule has 0 aliphatic rings. The van der Waals surface area contributed by atoms with Crippen molar-refractivity contribution in [2.75, 3.05) is 19.0 Å². The summed E-state index contributed by atoms with van der Waals surface area (Å²) < 4.78 is 0. The predicted molar refractivity (Wildman–Crippen MR) is 94.7 cm³/mol. The highest BCUT2D eigenvalue weighted by atomic mass is 16.6. The molecule has 0 radical (unpaired) electrons. The van der Waals surface area contributed by atoms with Crippen molar-refractivity contribution >= 4 is 28.3 Å². The number of hydrogen-bond acceptors (Lipinski definition) is 5. The number of aromatic nitrogens is 2. The van der Waals surface area contributed by atoms with E-state index in [9.17, 15) is 14.9 Å². The van der Waals surface area contributed by atoms with Crippen molar-refractivity contribution in [1.29, 1.82) is 0 Å². The molecule has 0 unspecified atom stereocenters. The first-order chi connectivity index (χ1) is 12.0. The van der Waals surface area contributed by atoms with Crippen LogP contribution in [0.2, 0.25) is 0 Å². The Hall–Kier alpha value is -3.42. The predicted octanol–water partition coefficient (Wildman–Crippen LogP) is 2.47. The van der Waals surface area contributed by atoms with Gasteiger partial charge in [-0.25, -0.2) is 4.98 Å². The first kappa shape index (κ1) is 16.4. The SMILES string of the molecule is CN(C)c1ccc([N+](=O)[O-])cc1C(=O)NCc1nc2ccccc2[nH]1. The summed E-state index contributed by atoms with van der Waals surface area (Å²) in [4.78, 5) is 32.2. The molecule has 0 aliphatic heterocycles. The lowest BCUT2D eigenvalue weighted by Gasteiger charge is -2.16. The van der Waals surface area contributed by atoms with Crippen molar-refractivity contribution in [3.63, 3.8) is 0 Å². The van der Waals surface area contributed by atoms with Crippen LogP contribution in [0.1, 0.15) is 16.2 Å². The van der Waals surface area contributed by atoms with E-state index in [0.29, 0.717) is 11.5 Å². The molecule has 128 valence electrons. The van der Waals surface area contributed by atoms with Crippen LogP contribution < -0.4 is 10.2 Å². The zero-order valence-electron chi connectivity index (χ0n) is 13.8. The van der Waals surface area contributed by atoms with Gasteiger partial charge < -0.3 is 15.2 Å². The van der Waals surface area contributed by atoms with Gasteiger partial charge in [0.25, 0.3) is 11.6 Å². The third kappa shape index (κ3) is 3.42. The Kier molecular flexibility index (Phi) is 4.34. The van der Waals surface area contributed by atoms with Crippen molar-refractivity contribution in [3.8, 4) is 0 Å². The summed E-state index contributed by atoms with van der Waals surface area (Å²) in [6.07, 6.45) is 0. The molecule has 0 atom stereocenters. The average Bonchev–Trinajstić information content (AvgIpc) is 3.01. The fourth-order valence-corrected chi connectivity index (χ4v) is 2.56. The van der Waals surface area contributed by atoms with Gasteiger partial charge >= 0.3 is 0 Å². The zero-order chi connectivity index (χ0) is 18.0. The smallest absolute Gasteiger partial charge is 0.270 e. The number of H-pyrrole nitrogens is 1. The van der Waals surface area contributed by atoms with E-state index >= 15 is 0 Å². The summed E-state index contributed by atoms with van der Waals surface area (Å²) in [5.74, 6) is 0.222. The van der Waals surface area contributed by atoms with Gasteiger partial charge in [0, 0.05) is 31.9 Å². The number of non-ortho nitro benzene ring substituents is 1. The third-order valence-electron chi connectivity index (χ3n) is 3.77. The molecule has 3 aromatic rings. The number of carbonyl (C=O) groups excluding carboxylic acids is 1. The van der Waals surface area contributed by atoms with Crippen LogP contribution in [0.25, 0.3) is 11.0 Å². The lowest BCUT2D eigenvalue weighted by Crippen LogP contribution is -2.26. The van der Waals surface area contributed by atoms with Crippen molar-refractivity contribution in [1.82, 2.24) is 15.3 Å². The quantitative estimate of drug-likeness (QED) is 0.549. The van der Waals surface area contributed by atoms with E-state index in [1.807, 2.05) is 24.3 Å². The van der Waals surface area contributed by atoms with Gasteiger partial charge in [0.2, 0.25) is 0 Å². The summed E-state index contributed by atoms with van der Waals surface area (Å²) >= 11 is 0. The number of anilines is 1. The van der Waals surface area contributed by atoms with Crippen LogP contribution in [0.3, 0.4) is 0 Å². The molecule has 1 aromatic heterocycles. The average molecular weight is 339 g/mol. The number of hydrogen-bond donors (Lipinski definition) is 2. The molecule has 1 heterocycles. The second-order valence-corrected chi connectivity index (χ2v) is 5.74. The van der Waals surface area contributed by atoms with Gasteiger partial charge in [0.05, 0.1) is 28.1 Å². The molecule has 0 fully saturated rings. The molecule has 2 aromatic carbocycles. The maximum Gasteiger partial charge on any atom is 0.270 e. The van der Waals surface area contributed by atoms with Crippen LogP contribution in [0.15, 0.2) is 42.5 Å². The van der Waals surface area contributed by atoms with Crippen LogP contribution in [0.4, 0.5) is 11.4 Å². The first-order valence-electron chi connectivity index (χ1n) is 7.63. The fourth-order valence-electron chi connectivity index (χ4n) is 2.56. The summed E-state index contributed by atoms with van der Waals surface area (Å²) in [6.45, 7) is 0.197. The molecule has 0 saturated heterocycles. The van der Waals surface area contributed by atoms with Crippen LogP contribution in [-0.2, 0) is 6.54 Å². The molecule has 25 heavy (non-hydrogen) atoms. The van der Waals surface area contributed by atoms with E-state index in [0.717, 1.165) is 11.0 Å². The Labute approximate surface area is 143 Å². The van der Waals surface area contributed by atoms with Gasteiger partial charge in [-0.15, -0.1) is 0 Å². The Morgan fingerprint density at radius 3 is 2.72 bits per heavy atom. The molecule has 0 saturated carbocycles. The summed E-state index contributed by atoms with van der Waals surface area (Å²) in [6, 6.07) is 11.8. The van der Waals surface area contributed by atoms with E-state index in [4.69, 9.17) is 0 Å². The maximum absolute atomic E-state index is 12.5. The van der Waals surface area contributed by atoms with Crippen molar-refractivity contribution < 1.29 is 9.72 Å². The number of nitro benzene ring substituents is 1. The topological polar surface area (TPSA) is 104 Å². The third-order valence-corrected chi connectivity index (χ3v) is 3.77. The number of para-hydroxylation sites is 2. The van der Waals surface area contributed by atoms with E-state index in [-0.39, 0.29) is 17.8 Å². The molecule has 0 bridgehead atoms. The lowest BCUT2D eigenvalue weighted by atomic mass is 10.1. The van der Waals surface area contributed by atoms with Crippen molar-refractivity contribution in [2.45, 2.75) is 6.54 Å². The van der Waals surface area contributed by atoms with Gasteiger partial charge in [-0.3, -0.25) is 14.9 Å². The number of nitrogens with zero attached hydrogens (tertiary/aromatic N) is 3. The van der Waals surface area contributed by atoms with Crippen LogP contribution in [-0.4, -0.2) is 34.9 Å². The molecular weight excluding hydrogens is 322 g/mol. The molecular formula is C17H17N5O3.